The van der Waals surface area contributed by atoms with Crippen molar-refractivity contribution < 1.29 is 14.4 Å². The van der Waals surface area contributed by atoms with Crippen molar-refractivity contribution in [2.45, 2.75) is 25.4 Å². The molecular weight excluding hydrogens is 274 g/mol. The molecule has 0 aromatic carbocycles. The third-order valence-corrected chi connectivity index (χ3v) is 3.54. The minimum atomic E-state index is -1.16. The molecule has 0 spiro atoms. The first-order chi connectivity index (χ1) is 10.1. The molecule has 0 bridgehead atoms. The number of methoxy groups -OCH3 is 1. The summed E-state index contributed by atoms with van der Waals surface area (Å²) < 4.78 is 10.3. The van der Waals surface area contributed by atoms with E-state index < -0.39 is 5.60 Å². The zero-order chi connectivity index (χ0) is 14.9. The Morgan fingerprint density at radius 3 is 3.05 bits per heavy atom. The van der Waals surface area contributed by atoms with Crippen LogP contribution in [0.1, 0.15) is 25.1 Å². The monoisotopic (exact) mass is 291 g/mol. The van der Waals surface area contributed by atoms with E-state index in [0.29, 0.717) is 43.6 Å². The Kier molecular flexibility index (Phi) is 3.46. The van der Waals surface area contributed by atoms with Crippen LogP contribution in [0.2, 0.25) is 0 Å². The zero-order valence-electron chi connectivity index (χ0n) is 12.0. The number of nitrogens with zero attached hydrogens (tertiary/aromatic N) is 5. The Morgan fingerprint density at radius 2 is 2.33 bits per heavy atom. The number of rotatable bonds is 4. The van der Waals surface area contributed by atoms with Gasteiger partial charge in [-0.05, 0) is 0 Å². The number of anilines is 1. The van der Waals surface area contributed by atoms with Gasteiger partial charge >= 0.3 is 0 Å². The minimum absolute atomic E-state index is 0.254. The number of aliphatic hydroxyl groups is 1. The molecule has 8 nitrogen and oxygen atoms in total. The predicted molar refractivity (Wildman–Crippen MR) is 73.0 cm³/mol. The summed E-state index contributed by atoms with van der Waals surface area (Å²) in [5, 5.41) is 14.5. The first-order valence-corrected chi connectivity index (χ1v) is 6.82. The van der Waals surface area contributed by atoms with Crippen LogP contribution in [0.5, 0.6) is 5.88 Å². The highest BCUT2D eigenvalue weighted by Crippen LogP contribution is 2.32. The molecule has 0 aliphatic carbocycles. The Hall–Kier alpha value is -2.22. The van der Waals surface area contributed by atoms with E-state index in [1.807, 2.05) is 11.8 Å². The maximum atomic E-state index is 10.7. The summed E-state index contributed by atoms with van der Waals surface area (Å²) in [7, 11) is 1.55. The van der Waals surface area contributed by atoms with Gasteiger partial charge < -0.3 is 19.3 Å². The summed E-state index contributed by atoms with van der Waals surface area (Å²) >= 11 is 0. The third-order valence-electron chi connectivity index (χ3n) is 3.54. The molecule has 1 N–H and O–H groups in total. The van der Waals surface area contributed by atoms with E-state index >= 15 is 0 Å². The maximum absolute atomic E-state index is 10.7. The van der Waals surface area contributed by atoms with Crippen molar-refractivity contribution in [2.75, 3.05) is 25.1 Å². The van der Waals surface area contributed by atoms with Crippen molar-refractivity contribution >= 4 is 5.95 Å². The lowest BCUT2D eigenvalue weighted by Gasteiger charge is -2.19. The summed E-state index contributed by atoms with van der Waals surface area (Å²) in [6, 6.07) is 1.68. The molecule has 3 heterocycles. The molecule has 21 heavy (non-hydrogen) atoms. The molecule has 3 rings (SSSR count). The van der Waals surface area contributed by atoms with Crippen molar-refractivity contribution in [3.8, 4) is 5.88 Å². The summed E-state index contributed by atoms with van der Waals surface area (Å²) in [6.07, 6.45) is 2.78. The largest absolute Gasteiger partial charge is 0.481 e. The molecule has 1 atom stereocenters. The normalized spacial score (nSPS) is 21.8. The van der Waals surface area contributed by atoms with Crippen molar-refractivity contribution in [2.24, 2.45) is 0 Å². The highest BCUT2D eigenvalue weighted by atomic mass is 16.5. The molecule has 2 aromatic heterocycles. The molecule has 1 aliphatic rings. The second kappa shape index (κ2) is 5.28. The highest BCUT2D eigenvalue weighted by Gasteiger charge is 2.43. The van der Waals surface area contributed by atoms with Crippen LogP contribution in [0, 0.1) is 0 Å². The lowest BCUT2D eigenvalue weighted by Crippen LogP contribution is -2.32. The first-order valence-electron chi connectivity index (χ1n) is 6.82. The third kappa shape index (κ3) is 2.54. The quantitative estimate of drug-likeness (QED) is 0.871. The number of hydrogen-bond donors (Lipinski definition) is 1. The van der Waals surface area contributed by atoms with Gasteiger partial charge in [-0.2, -0.15) is 9.97 Å². The highest BCUT2D eigenvalue weighted by molar-refractivity contribution is 5.35. The van der Waals surface area contributed by atoms with E-state index in [0.717, 1.165) is 0 Å². The van der Waals surface area contributed by atoms with E-state index in [1.165, 1.54) is 0 Å². The molecule has 2 aromatic rings. The minimum Gasteiger partial charge on any atom is -0.481 e. The van der Waals surface area contributed by atoms with Crippen LogP contribution in [0.4, 0.5) is 5.95 Å². The summed E-state index contributed by atoms with van der Waals surface area (Å²) in [5.74, 6) is 1.85. The van der Waals surface area contributed by atoms with Gasteiger partial charge in [0.25, 0.3) is 5.89 Å². The van der Waals surface area contributed by atoms with Crippen molar-refractivity contribution in [3.05, 3.63) is 24.0 Å². The lowest BCUT2D eigenvalue weighted by atomic mass is 10.0. The Labute approximate surface area is 121 Å². The second-order valence-electron chi connectivity index (χ2n) is 4.97. The molecule has 112 valence electrons. The van der Waals surface area contributed by atoms with E-state index in [1.54, 1.807) is 19.4 Å². The van der Waals surface area contributed by atoms with Crippen LogP contribution in [0.15, 0.2) is 16.8 Å². The van der Waals surface area contributed by atoms with Crippen LogP contribution >= 0.6 is 0 Å². The number of hydrogen-bond acceptors (Lipinski definition) is 8. The van der Waals surface area contributed by atoms with Gasteiger partial charge in [0.05, 0.1) is 13.7 Å². The van der Waals surface area contributed by atoms with Gasteiger partial charge in [0, 0.05) is 31.6 Å². The van der Waals surface area contributed by atoms with Gasteiger partial charge in [-0.1, -0.05) is 12.1 Å². The molecule has 1 unspecified atom stereocenters. The second-order valence-corrected chi connectivity index (χ2v) is 4.97. The molecule has 1 fully saturated rings. The van der Waals surface area contributed by atoms with Gasteiger partial charge in [0.2, 0.25) is 11.8 Å². The Bertz CT molecular complexity index is 632. The zero-order valence-corrected chi connectivity index (χ0v) is 12.0. The van der Waals surface area contributed by atoms with Gasteiger partial charge in [0.1, 0.15) is 0 Å². The average molecular weight is 291 g/mol. The van der Waals surface area contributed by atoms with Crippen molar-refractivity contribution in [3.63, 3.8) is 0 Å². The average Bonchev–Trinajstić information content (AvgIpc) is 3.15. The van der Waals surface area contributed by atoms with E-state index in [9.17, 15) is 5.11 Å². The predicted octanol–water partition coefficient (Wildman–Crippen LogP) is 0.528. The van der Waals surface area contributed by atoms with Crippen LogP contribution in [-0.4, -0.2) is 45.4 Å². The van der Waals surface area contributed by atoms with Crippen molar-refractivity contribution in [1.82, 2.24) is 20.1 Å². The molecule has 0 saturated carbocycles. The van der Waals surface area contributed by atoms with Crippen LogP contribution in [-0.2, 0) is 12.0 Å². The van der Waals surface area contributed by atoms with Gasteiger partial charge in [0.15, 0.2) is 11.4 Å². The van der Waals surface area contributed by atoms with Gasteiger partial charge in [-0.15, -0.1) is 0 Å². The van der Waals surface area contributed by atoms with E-state index in [2.05, 4.69) is 20.1 Å². The van der Waals surface area contributed by atoms with Crippen LogP contribution < -0.4 is 9.64 Å². The molecule has 1 aliphatic heterocycles. The molecule has 1 saturated heterocycles. The Balaban J connectivity index is 1.80. The summed E-state index contributed by atoms with van der Waals surface area (Å²) in [4.78, 5) is 14.6. The standard InChI is InChI=1S/C13H17N5O3/c1-3-9-15-11(21-17-9)13(19)5-7-18(8-13)12-14-6-4-10(16-12)20-2/h4,6,19H,3,5,7-8H2,1-2H3. The van der Waals surface area contributed by atoms with Crippen LogP contribution in [0.3, 0.4) is 0 Å². The lowest BCUT2D eigenvalue weighted by molar-refractivity contribution is 0.0259. The van der Waals surface area contributed by atoms with E-state index in [4.69, 9.17) is 9.26 Å². The fourth-order valence-corrected chi connectivity index (χ4v) is 2.32. The fourth-order valence-electron chi connectivity index (χ4n) is 2.32. The smallest absolute Gasteiger partial charge is 0.260 e. The summed E-state index contributed by atoms with van der Waals surface area (Å²) in [6.45, 7) is 2.85. The first kappa shape index (κ1) is 13.7. The summed E-state index contributed by atoms with van der Waals surface area (Å²) in [5.41, 5.74) is -1.16. The maximum Gasteiger partial charge on any atom is 0.260 e. The van der Waals surface area contributed by atoms with Gasteiger partial charge in [-0.3, -0.25) is 0 Å². The topological polar surface area (TPSA) is 97.4 Å². The SMILES string of the molecule is CCc1noc(C2(O)CCN(c3nccc(OC)n3)C2)n1. The van der Waals surface area contributed by atoms with E-state index in [-0.39, 0.29) is 5.89 Å². The molecule has 0 radical (unpaired) electrons. The molecular formula is C13H17N5O3. The number of aromatic nitrogens is 4. The number of β-amino-alcohol motifs (C(OH)–C–C–N with tert-alkyl or cyclic N) is 1. The number of aryl methyl sites for hydroxylation is 1. The molecule has 0 amide bonds. The van der Waals surface area contributed by atoms with Crippen molar-refractivity contribution in [1.29, 1.82) is 0 Å². The number of ether oxygens (including phenoxy) is 1. The molecule has 8 heteroatoms. The fraction of sp³-hybridized carbons (Fsp3) is 0.538. The Morgan fingerprint density at radius 1 is 1.48 bits per heavy atom. The van der Waals surface area contributed by atoms with Gasteiger partial charge in [-0.25, -0.2) is 4.98 Å². The van der Waals surface area contributed by atoms with Crippen LogP contribution in [0.25, 0.3) is 0 Å².